The molecule has 5 rings (SSSR count). The van der Waals surface area contributed by atoms with Gasteiger partial charge in [-0.05, 0) is 35.9 Å². The summed E-state index contributed by atoms with van der Waals surface area (Å²) in [5.74, 6) is 0.900. The minimum atomic E-state index is -0.309. The first-order valence-electron chi connectivity index (χ1n) is 12.8. The molecule has 206 valence electrons. The second kappa shape index (κ2) is 12.6. The number of hydrogen-bond donors (Lipinski definition) is 1. The Morgan fingerprint density at radius 3 is 2.48 bits per heavy atom. The van der Waals surface area contributed by atoms with E-state index >= 15 is 0 Å². The van der Waals surface area contributed by atoms with Crippen LogP contribution in [0, 0.1) is 0 Å². The number of rotatable bonds is 9. The van der Waals surface area contributed by atoms with Crippen molar-refractivity contribution in [3.8, 4) is 22.7 Å². The number of hydrogen-bond acceptors (Lipinski definition) is 6. The molecule has 8 nitrogen and oxygen atoms in total. The van der Waals surface area contributed by atoms with Gasteiger partial charge in [-0.2, -0.15) is 5.10 Å². The summed E-state index contributed by atoms with van der Waals surface area (Å²) in [5, 5.41) is 8.20. The molecule has 1 aromatic heterocycles. The molecule has 2 heterocycles. The Morgan fingerprint density at radius 1 is 1.05 bits per heavy atom. The highest BCUT2D eigenvalue weighted by Gasteiger charge is 2.38. The minimum Gasteiger partial charge on any atom is -0.497 e. The van der Waals surface area contributed by atoms with Crippen molar-refractivity contribution in [1.82, 2.24) is 15.1 Å². The van der Waals surface area contributed by atoms with Crippen LogP contribution in [0.2, 0.25) is 5.02 Å². The molecule has 0 spiro atoms. The van der Waals surface area contributed by atoms with Crippen LogP contribution in [0.3, 0.4) is 0 Å². The van der Waals surface area contributed by atoms with Crippen LogP contribution in [0.4, 0.5) is 5.82 Å². The highest BCUT2D eigenvalue weighted by atomic mass is 35.5. The monoisotopic (exact) mass is 576 g/mol. The molecule has 4 aromatic rings. The predicted octanol–water partition coefficient (Wildman–Crippen LogP) is 5.13. The van der Waals surface area contributed by atoms with Gasteiger partial charge in [-0.1, -0.05) is 60.1 Å². The third-order valence-electron chi connectivity index (χ3n) is 6.57. The molecule has 0 fully saturated rings. The summed E-state index contributed by atoms with van der Waals surface area (Å²) in [6, 6.07) is 24.9. The second-order valence-electron chi connectivity index (χ2n) is 9.10. The minimum absolute atomic E-state index is 0.159. The molecule has 1 N–H and O–H groups in total. The molecule has 0 saturated carbocycles. The van der Waals surface area contributed by atoms with E-state index in [0.29, 0.717) is 35.4 Å². The molecule has 1 aliphatic heterocycles. The number of halogens is 1. The first kappa shape index (κ1) is 27.8. The SMILES string of the molecule is COCCNC(=O)CN1C(=O)CS[C@@H](c2ccccc2Cl)c2c(-c3ccccc3)nn(-c3ccc(OC)cc3)c21. The lowest BCUT2D eigenvalue weighted by Gasteiger charge is -2.23. The molecule has 10 heteroatoms. The lowest BCUT2D eigenvalue weighted by molar-refractivity contribution is -0.123. The van der Waals surface area contributed by atoms with Crippen molar-refractivity contribution in [2.75, 3.05) is 44.6 Å². The van der Waals surface area contributed by atoms with E-state index in [0.717, 1.165) is 22.4 Å². The van der Waals surface area contributed by atoms with Crippen molar-refractivity contribution in [2.24, 2.45) is 0 Å². The van der Waals surface area contributed by atoms with Crippen molar-refractivity contribution >= 4 is 41.0 Å². The van der Waals surface area contributed by atoms with Gasteiger partial charge in [0.15, 0.2) is 0 Å². The lowest BCUT2D eigenvalue weighted by Crippen LogP contribution is -2.43. The number of anilines is 1. The van der Waals surface area contributed by atoms with Crippen LogP contribution in [0.25, 0.3) is 16.9 Å². The van der Waals surface area contributed by atoms with Crippen molar-refractivity contribution in [2.45, 2.75) is 5.25 Å². The first-order valence-corrected chi connectivity index (χ1v) is 14.2. The lowest BCUT2D eigenvalue weighted by atomic mass is 9.99. The summed E-state index contributed by atoms with van der Waals surface area (Å²) in [7, 11) is 3.18. The zero-order valence-corrected chi connectivity index (χ0v) is 23.7. The number of carbonyl (C=O) groups is 2. The molecule has 40 heavy (non-hydrogen) atoms. The predicted molar refractivity (Wildman–Crippen MR) is 159 cm³/mol. The fraction of sp³-hybridized carbons (Fsp3) is 0.233. The molecule has 0 unspecified atom stereocenters. The van der Waals surface area contributed by atoms with Gasteiger partial charge < -0.3 is 14.8 Å². The summed E-state index contributed by atoms with van der Waals surface area (Å²) in [4.78, 5) is 28.3. The Hall–Kier alpha value is -3.79. The van der Waals surface area contributed by atoms with Crippen molar-refractivity contribution in [3.05, 3.63) is 95.0 Å². The first-order chi connectivity index (χ1) is 19.5. The summed E-state index contributed by atoms with van der Waals surface area (Å²) >= 11 is 8.21. The molecule has 0 aliphatic carbocycles. The molecule has 1 atom stereocenters. The number of thioether (sulfide) groups is 1. The van der Waals surface area contributed by atoms with E-state index in [1.165, 1.54) is 16.7 Å². The average molecular weight is 577 g/mol. The molecular formula is C30H29ClN4O4S. The maximum Gasteiger partial charge on any atom is 0.240 e. The zero-order valence-electron chi connectivity index (χ0n) is 22.2. The van der Waals surface area contributed by atoms with Gasteiger partial charge in [0.1, 0.15) is 18.1 Å². The van der Waals surface area contributed by atoms with Crippen molar-refractivity contribution in [1.29, 1.82) is 0 Å². The van der Waals surface area contributed by atoms with Crippen LogP contribution < -0.4 is 15.0 Å². The Balaban J connectivity index is 1.75. The van der Waals surface area contributed by atoms with Crippen LogP contribution in [0.1, 0.15) is 16.4 Å². The van der Waals surface area contributed by atoms with Gasteiger partial charge in [-0.3, -0.25) is 14.5 Å². The summed E-state index contributed by atoms with van der Waals surface area (Å²) in [5.41, 5.74) is 4.02. The number of amides is 2. The van der Waals surface area contributed by atoms with Crippen LogP contribution in [0.15, 0.2) is 78.9 Å². The number of fused-ring (bicyclic) bond motifs is 1. The van der Waals surface area contributed by atoms with Gasteiger partial charge in [0.05, 0.1) is 36.1 Å². The highest BCUT2D eigenvalue weighted by Crippen LogP contribution is 2.49. The number of aromatic nitrogens is 2. The third kappa shape index (κ3) is 5.72. The van der Waals surface area contributed by atoms with Crippen LogP contribution >= 0.6 is 23.4 Å². The maximum absolute atomic E-state index is 13.7. The molecule has 1 aliphatic rings. The normalized spacial score (nSPS) is 14.9. The number of ether oxygens (including phenoxy) is 2. The molecular weight excluding hydrogens is 548 g/mol. The number of carbonyl (C=O) groups excluding carboxylic acids is 2. The third-order valence-corrected chi connectivity index (χ3v) is 8.15. The van der Waals surface area contributed by atoms with E-state index in [4.69, 9.17) is 26.2 Å². The Bertz CT molecular complexity index is 1490. The fourth-order valence-electron chi connectivity index (χ4n) is 4.66. The van der Waals surface area contributed by atoms with Crippen LogP contribution in [-0.4, -0.2) is 61.3 Å². The Morgan fingerprint density at radius 2 is 1.77 bits per heavy atom. The quantitative estimate of drug-likeness (QED) is 0.278. The van der Waals surface area contributed by atoms with Gasteiger partial charge >= 0.3 is 0 Å². The van der Waals surface area contributed by atoms with E-state index in [9.17, 15) is 9.59 Å². The topological polar surface area (TPSA) is 85.7 Å². The second-order valence-corrected chi connectivity index (χ2v) is 10.6. The Labute approximate surface area is 242 Å². The number of benzene rings is 3. The highest BCUT2D eigenvalue weighted by molar-refractivity contribution is 8.00. The standard InChI is InChI=1S/C30H29ClN4O4S/c1-38-17-16-32-25(36)18-34-26(37)19-40-29(23-10-6-7-11-24(23)31)27-28(20-8-4-3-5-9-20)33-35(30(27)34)21-12-14-22(39-2)15-13-21/h3-15,29H,16-19H2,1-2H3,(H,32,36)/t29-/m0/s1. The van der Waals surface area contributed by atoms with Gasteiger partial charge in [0, 0.05) is 29.8 Å². The number of nitrogens with zero attached hydrogens (tertiary/aromatic N) is 3. The van der Waals surface area contributed by atoms with E-state index in [-0.39, 0.29) is 29.4 Å². The largest absolute Gasteiger partial charge is 0.497 e. The van der Waals surface area contributed by atoms with E-state index in [2.05, 4.69) is 5.32 Å². The van der Waals surface area contributed by atoms with Crippen molar-refractivity contribution in [3.63, 3.8) is 0 Å². The summed E-state index contributed by atoms with van der Waals surface area (Å²) in [6.07, 6.45) is 0. The van der Waals surface area contributed by atoms with Gasteiger partial charge in [-0.25, -0.2) is 4.68 Å². The molecule has 0 saturated heterocycles. The van der Waals surface area contributed by atoms with Gasteiger partial charge in [0.25, 0.3) is 0 Å². The van der Waals surface area contributed by atoms with E-state index in [1.807, 2.05) is 78.9 Å². The molecule has 0 radical (unpaired) electrons. The van der Waals surface area contributed by atoms with Gasteiger partial charge in [-0.15, -0.1) is 11.8 Å². The summed E-state index contributed by atoms with van der Waals surface area (Å²) in [6.45, 7) is 0.549. The molecule has 3 aromatic carbocycles. The van der Waals surface area contributed by atoms with Crippen molar-refractivity contribution < 1.29 is 19.1 Å². The summed E-state index contributed by atoms with van der Waals surface area (Å²) < 4.78 is 12.2. The number of nitrogens with one attached hydrogen (secondary N) is 1. The average Bonchev–Trinajstić information content (AvgIpc) is 3.31. The smallest absolute Gasteiger partial charge is 0.240 e. The van der Waals surface area contributed by atoms with Crippen LogP contribution in [-0.2, 0) is 14.3 Å². The fourth-order valence-corrected chi connectivity index (χ4v) is 6.20. The van der Waals surface area contributed by atoms with Gasteiger partial charge in [0.2, 0.25) is 11.8 Å². The molecule has 0 bridgehead atoms. The number of methoxy groups -OCH3 is 2. The maximum atomic E-state index is 13.7. The Kier molecular flexibility index (Phi) is 8.74. The van der Waals surface area contributed by atoms with E-state index < -0.39 is 0 Å². The van der Waals surface area contributed by atoms with Crippen LogP contribution in [0.5, 0.6) is 5.75 Å². The molecule has 2 amide bonds. The zero-order chi connectivity index (χ0) is 28.1. The van der Waals surface area contributed by atoms with E-state index in [1.54, 1.807) is 18.9 Å².